The Balaban J connectivity index is 1.82. The van der Waals surface area contributed by atoms with Gasteiger partial charge in [-0.25, -0.2) is 4.98 Å². The molecule has 2 amide bonds. The van der Waals surface area contributed by atoms with Crippen LogP contribution in [0.25, 0.3) is 11.2 Å². The SMILES string of the molecule is Cc1cc(/C=C(\C#N)C(=O)Nc2ccc(C(=O)N(C)C)cc2)c(C)n1-c1nccs1. The molecule has 0 aliphatic carbocycles. The Hall–Kier alpha value is -3.70. The second-order valence-electron chi connectivity index (χ2n) is 6.88. The third kappa shape index (κ3) is 4.31. The van der Waals surface area contributed by atoms with E-state index in [0.717, 1.165) is 22.1 Å². The van der Waals surface area contributed by atoms with Crippen molar-refractivity contribution in [2.75, 3.05) is 19.4 Å². The van der Waals surface area contributed by atoms with Gasteiger partial charge in [0.2, 0.25) is 0 Å². The summed E-state index contributed by atoms with van der Waals surface area (Å²) in [4.78, 5) is 30.4. The summed E-state index contributed by atoms with van der Waals surface area (Å²) >= 11 is 1.52. The first-order valence-corrected chi connectivity index (χ1v) is 10.0. The first kappa shape index (κ1) is 21.0. The summed E-state index contributed by atoms with van der Waals surface area (Å²) in [5.74, 6) is -0.635. The third-order valence-electron chi connectivity index (χ3n) is 4.54. The summed E-state index contributed by atoms with van der Waals surface area (Å²) in [6, 6.07) is 10.4. The smallest absolute Gasteiger partial charge is 0.266 e. The van der Waals surface area contributed by atoms with Crippen molar-refractivity contribution in [3.63, 3.8) is 0 Å². The van der Waals surface area contributed by atoms with Crippen LogP contribution in [0.1, 0.15) is 27.3 Å². The number of carbonyl (C=O) groups is 2. The number of anilines is 1. The number of rotatable bonds is 5. The number of amides is 2. The third-order valence-corrected chi connectivity index (χ3v) is 5.30. The Morgan fingerprint density at radius 1 is 1.23 bits per heavy atom. The molecule has 3 aromatic rings. The Morgan fingerprint density at radius 3 is 2.50 bits per heavy atom. The number of carbonyl (C=O) groups excluding carboxylic acids is 2. The van der Waals surface area contributed by atoms with Gasteiger partial charge in [0, 0.05) is 48.3 Å². The molecule has 3 rings (SSSR count). The fraction of sp³-hybridized carbons (Fsp3) is 0.182. The Morgan fingerprint density at radius 2 is 1.93 bits per heavy atom. The molecule has 2 aromatic heterocycles. The summed E-state index contributed by atoms with van der Waals surface area (Å²) in [5, 5.41) is 15.0. The molecule has 0 spiro atoms. The van der Waals surface area contributed by atoms with Crippen LogP contribution in [0.3, 0.4) is 0 Å². The average Bonchev–Trinajstić information content (AvgIpc) is 3.33. The molecule has 0 saturated heterocycles. The molecule has 0 aliphatic heterocycles. The minimum atomic E-state index is -0.511. The number of thiazole rings is 1. The fourth-order valence-corrected chi connectivity index (χ4v) is 3.76. The first-order chi connectivity index (χ1) is 14.3. The van der Waals surface area contributed by atoms with Crippen LogP contribution in [0.15, 0.2) is 47.5 Å². The van der Waals surface area contributed by atoms with Crippen LogP contribution in [0.2, 0.25) is 0 Å². The van der Waals surface area contributed by atoms with E-state index in [4.69, 9.17) is 0 Å². The number of aromatic nitrogens is 2. The fourth-order valence-electron chi connectivity index (χ4n) is 3.01. The molecule has 1 N–H and O–H groups in total. The summed E-state index contributed by atoms with van der Waals surface area (Å²) in [6.07, 6.45) is 3.31. The van der Waals surface area contributed by atoms with E-state index in [0.29, 0.717) is 11.3 Å². The van der Waals surface area contributed by atoms with E-state index in [1.165, 1.54) is 16.2 Å². The molecule has 0 atom stereocenters. The van der Waals surface area contributed by atoms with E-state index in [1.54, 1.807) is 50.6 Å². The highest BCUT2D eigenvalue weighted by Crippen LogP contribution is 2.24. The van der Waals surface area contributed by atoms with Gasteiger partial charge in [0.1, 0.15) is 11.6 Å². The average molecular weight is 420 g/mol. The van der Waals surface area contributed by atoms with Crippen molar-refractivity contribution in [2.45, 2.75) is 13.8 Å². The largest absolute Gasteiger partial charge is 0.345 e. The molecule has 0 radical (unpaired) electrons. The topological polar surface area (TPSA) is 91.0 Å². The molecular formula is C22H21N5O2S. The minimum Gasteiger partial charge on any atom is -0.345 e. The van der Waals surface area contributed by atoms with Gasteiger partial charge in [0.15, 0.2) is 5.13 Å². The van der Waals surface area contributed by atoms with Gasteiger partial charge >= 0.3 is 0 Å². The lowest BCUT2D eigenvalue weighted by molar-refractivity contribution is -0.112. The predicted molar refractivity (Wildman–Crippen MR) is 118 cm³/mol. The molecule has 2 heterocycles. The molecular weight excluding hydrogens is 398 g/mol. The van der Waals surface area contributed by atoms with Gasteiger partial charge in [0.25, 0.3) is 11.8 Å². The van der Waals surface area contributed by atoms with E-state index in [9.17, 15) is 14.9 Å². The quantitative estimate of drug-likeness (QED) is 0.503. The lowest BCUT2D eigenvalue weighted by Gasteiger charge is -2.11. The molecule has 0 saturated carbocycles. The molecule has 30 heavy (non-hydrogen) atoms. The van der Waals surface area contributed by atoms with Crippen molar-refractivity contribution < 1.29 is 9.59 Å². The zero-order valence-electron chi connectivity index (χ0n) is 17.1. The van der Waals surface area contributed by atoms with Crippen LogP contribution >= 0.6 is 11.3 Å². The van der Waals surface area contributed by atoms with Crippen LogP contribution in [-0.4, -0.2) is 40.4 Å². The molecule has 0 aliphatic rings. The van der Waals surface area contributed by atoms with Crippen LogP contribution in [0.5, 0.6) is 0 Å². The molecule has 7 nitrogen and oxygen atoms in total. The Labute approximate surface area is 178 Å². The van der Waals surface area contributed by atoms with Crippen molar-refractivity contribution >= 4 is 34.9 Å². The number of hydrogen-bond donors (Lipinski definition) is 1. The van der Waals surface area contributed by atoms with Gasteiger partial charge < -0.3 is 10.2 Å². The van der Waals surface area contributed by atoms with Gasteiger partial charge in [-0.15, -0.1) is 11.3 Å². The number of nitrogens with zero attached hydrogens (tertiary/aromatic N) is 4. The summed E-state index contributed by atoms with van der Waals surface area (Å²) in [5.41, 5.74) is 3.65. The number of nitrogens with one attached hydrogen (secondary N) is 1. The Kier molecular flexibility index (Phi) is 6.14. The van der Waals surface area contributed by atoms with E-state index in [-0.39, 0.29) is 11.5 Å². The number of hydrogen-bond acceptors (Lipinski definition) is 5. The standard InChI is InChI=1S/C22H21N5O2S/c1-14-11-17(15(2)27(14)22-24-9-10-30-22)12-18(13-23)20(28)25-19-7-5-16(6-8-19)21(29)26(3)4/h5-12H,1-4H3,(H,25,28)/b18-12+. The maximum atomic E-state index is 12.6. The first-order valence-electron chi connectivity index (χ1n) is 9.15. The van der Waals surface area contributed by atoms with Gasteiger partial charge in [-0.05, 0) is 55.8 Å². The molecule has 8 heteroatoms. The van der Waals surface area contributed by atoms with Crippen LogP contribution < -0.4 is 5.32 Å². The highest BCUT2D eigenvalue weighted by molar-refractivity contribution is 7.12. The zero-order valence-corrected chi connectivity index (χ0v) is 17.9. The van der Waals surface area contributed by atoms with Crippen molar-refractivity contribution in [3.8, 4) is 11.2 Å². The lowest BCUT2D eigenvalue weighted by atomic mass is 10.1. The highest BCUT2D eigenvalue weighted by atomic mass is 32.1. The minimum absolute atomic E-state index is 0.0113. The molecule has 152 valence electrons. The van der Waals surface area contributed by atoms with Gasteiger partial charge in [0.05, 0.1) is 0 Å². The van der Waals surface area contributed by atoms with Crippen LogP contribution in [0, 0.1) is 25.2 Å². The van der Waals surface area contributed by atoms with E-state index in [1.807, 2.05) is 35.9 Å². The van der Waals surface area contributed by atoms with Crippen molar-refractivity contribution in [3.05, 3.63) is 70.0 Å². The normalized spacial score (nSPS) is 11.1. The van der Waals surface area contributed by atoms with E-state index in [2.05, 4.69) is 10.3 Å². The molecule has 1 aromatic carbocycles. The number of benzene rings is 1. The van der Waals surface area contributed by atoms with Gasteiger partial charge in [-0.2, -0.15) is 5.26 Å². The molecule has 0 unspecified atom stereocenters. The van der Waals surface area contributed by atoms with Gasteiger partial charge in [-0.1, -0.05) is 0 Å². The van der Waals surface area contributed by atoms with Crippen LogP contribution in [-0.2, 0) is 4.79 Å². The van der Waals surface area contributed by atoms with Crippen molar-refractivity contribution in [1.29, 1.82) is 5.26 Å². The number of aryl methyl sites for hydroxylation is 1. The number of nitriles is 1. The lowest BCUT2D eigenvalue weighted by Crippen LogP contribution is -2.21. The van der Waals surface area contributed by atoms with Crippen LogP contribution in [0.4, 0.5) is 5.69 Å². The van der Waals surface area contributed by atoms with Crippen molar-refractivity contribution in [2.24, 2.45) is 0 Å². The Bertz CT molecular complexity index is 1150. The molecule has 0 fully saturated rings. The van der Waals surface area contributed by atoms with Gasteiger partial charge in [-0.3, -0.25) is 14.2 Å². The molecule has 0 bridgehead atoms. The highest BCUT2D eigenvalue weighted by Gasteiger charge is 2.15. The maximum absolute atomic E-state index is 12.6. The predicted octanol–water partition coefficient (Wildman–Crippen LogP) is 3.80. The van der Waals surface area contributed by atoms with E-state index >= 15 is 0 Å². The summed E-state index contributed by atoms with van der Waals surface area (Å²) in [6.45, 7) is 3.88. The second-order valence-corrected chi connectivity index (χ2v) is 7.75. The monoisotopic (exact) mass is 419 g/mol. The summed E-state index contributed by atoms with van der Waals surface area (Å²) in [7, 11) is 3.35. The van der Waals surface area contributed by atoms with E-state index < -0.39 is 5.91 Å². The second kappa shape index (κ2) is 8.76. The maximum Gasteiger partial charge on any atom is 0.266 e. The summed E-state index contributed by atoms with van der Waals surface area (Å²) < 4.78 is 1.99. The van der Waals surface area contributed by atoms with Crippen molar-refractivity contribution in [1.82, 2.24) is 14.5 Å². The zero-order chi connectivity index (χ0) is 21.8.